The number of benzene rings is 1. The van der Waals surface area contributed by atoms with Gasteiger partial charge in [0.15, 0.2) is 5.38 Å². The summed E-state index contributed by atoms with van der Waals surface area (Å²) in [6, 6.07) is 9.32. The first kappa shape index (κ1) is 25.8. The molecule has 5 nitrogen and oxygen atoms in total. The molecule has 2 bridgehead atoms. The van der Waals surface area contributed by atoms with E-state index in [9.17, 15) is 9.59 Å². The van der Waals surface area contributed by atoms with Gasteiger partial charge in [-0.25, -0.2) is 0 Å². The van der Waals surface area contributed by atoms with E-state index >= 15 is 0 Å². The van der Waals surface area contributed by atoms with Gasteiger partial charge in [-0.3, -0.25) is 9.59 Å². The number of ether oxygens (including phenoxy) is 3. The first-order valence-corrected chi connectivity index (χ1v) is 13.4. The van der Waals surface area contributed by atoms with Crippen molar-refractivity contribution >= 4 is 35.1 Å². The number of carbonyl (C=O) groups is 2. The van der Waals surface area contributed by atoms with Crippen LogP contribution in [0.5, 0.6) is 0 Å². The Morgan fingerprint density at radius 1 is 1.15 bits per heavy atom. The van der Waals surface area contributed by atoms with Crippen molar-refractivity contribution in [3.05, 3.63) is 35.9 Å². The van der Waals surface area contributed by atoms with Crippen LogP contribution in [0.1, 0.15) is 71.2 Å². The van der Waals surface area contributed by atoms with E-state index in [4.69, 9.17) is 37.4 Å². The van der Waals surface area contributed by atoms with Crippen molar-refractivity contribution in [2.75, 3.05) is 0 Å². The second kappa shape index (κ2) is 9.63. The van der Waals surface area contributed by atoms with Crippen molar-refractivity contribution in [3.8, 4) is 0 Å². The Kier molecular flexibility index (Phi) is 7.30. The summed E-state index contributed by atoms with van der Waals surface area (Å²) in [4.78, 5) is 25.7. The molecule has 188 valence electrons. The summed E-state index contributed by atoms with van der Waals surface area (Å²) in [6.07, 6.45) is 1.91. The number of carbonyl (C=O) groups excluding carboxylic acids is 2. The lowest BCUT2D eigenvalue weighted by atomic mass is 9.69. The third-order valence-electron chi connectivity index (χ3n) is 8.56. The van der Waals surface area contributed by atoms with E-state index in [-0.39, 0.29) is 29.8 Å². The van der Waals surface area contributed by atoms with Crippen LogP contribution in [0.3, 0.4) is 0 Å². The number of hydrogen-bond acceptors (Lipinski definition) is 5. The third kappa shape index (κ3) is 4.16. The van der Waals surface area contributed by atoms with Gasteiger partial charge in [0.1, 0.15) is 23.4 Å². The Morgan fingerprint density at radius 3 is 2.44 bits per heavy atom. The van der Waals surface area contributed by atoms with Crippen LogP contribution >= 0.6 is 23.2 Å². The summed E-state index contributed by atoms with van der Waals surface area (Å²) in [5.74, 6) is -0.151. The largest absolute Gasteiger partial charge is 0.459 e. The lowest BCUT2D eigenvalue weighted by molar-refractivity contribution is -0.266. The Bertz CT molecular complexity index is 908. The van der Waals surface area contributed by atoms with E-state index in [1.165, 1.54) is 0 Å². The van der Waals surface area contributed by atoms with Crippen molar-refractivity contribution < 1.29 is 23.8 Å². The van der Waals surface area contributed by atoms with Crippen molar-refractivity contribution in [1.29, 1.82) is 0 Å². The summed E-state index contributed by atoms with van der Waals surface area (Å²) in [6.45, 7) is 10.3. The van der Waals surface area contributed by atoms with Crippen LogP contribution in [0.25, 0.3) is 0 Å². The molecule has 0 amide bonds. The van der Waals surface area contributed by atoms with E-state index in [1.807, 2.05) is 30.3 Å². The molecule has 0 spiro atoms. The molecule has 4 rings (SSSR count). The summed E-state index contributed by atoms with van der Waals surface area (Å²) in [5.41, 5.74) is -0.590. The highest BCUT2D eigenvalue weighted by Gasteiger charge is 2.72. The average molecular weight is 511 g/mol. The van der Waals surface area contributed by atoms with Crippen LogP contribution in [0, 0.1) is 23.7 Å². The number of hydrogen-bond donors (Lipinski definition) is 0. The fourth-order valence-corrected chi connectivity index (χ4v) is 7.05. The SMILES string of the molecule is CCC(=O)OC1CC2(C(C)C)OC1(C)C1CCC(C)C1C2OC(=O)C(Cl)C(Cl)c1ccccc1. The van der Waals surface area contributed by atoms with Gasteiger partial charge < -0.3 is 14.2 Å². The zero-order valence-electron chi connectivity index (χ0n) is 20.6. The van der Waals surface area contributed by atoms with E-state index in [2.05, 4.69) is 27.7 Å². The predicted octanol–water partition coefficient (Wildman–Crippen LogP) is 6.06. The molecule has 3 fully saturated rings. The maximum absolute atomic E-state index is 13.4. The number of fused-ring (bicyclic) bond motifs is 4. The number of esters is 2. The van der Waals surface area contributed by atoms with E-state index in [0.29, 0.717) is 18.8 Å². The normalized spacial score (nSPS) is 38.3. The van der Waals surface area contributed by atoms with Crippen LogP contribution < -0.4 is 0 Å². The fraction of sp³-hybridized carbons (Fsp3) is 0.704. The molecular weight excluding hydrogens is 475 g/mol. The first-order valence-electron chi connectivity index (χ1n) is 12.5. The highest BCUT2D eigenvalue weighted by Crippen LogP contribution is 2.63. The molecule has 2 aliphatic heterocycles. The predicted molar refractivity (Wildman–Crippen MR) is 132 cm³/mol. The molecule has 1 aliphatic carbocycles. The molecule has 2 heterocycles. The second-order valence-electron chi connectivity index (χ2n) is 10.7. The molecule has 7 heteroatoms. The van der Waals surface area contributed by atoms with Crippen molar-refractivity contribution in [3.63, 3.8) is 0 Å². The number of halogens is 2. The Labute approximate surface area is 212 Å². The quantitative estimate of drug-likeness (QED) is 0.329. The third-order valence-corrected chi connectivity index (χ3v) is 9.62. The van der Waals surface area contributed by atoms with E-state index in [0.717, 1.165) is 18.4 Å². The molecule has 9 unspecified atom stereocenters. The second-order valence-corrected chi connectivity index (χ2v) is 11.7. The molecule has 1 aromatic carbocycles. The lowest BCUT2D eigenvalue weighted by Gasteiger charge is -2.53. The maximum atomic E-state index is 13.4. The first-order chi connectivity index (χ1) is 16.0. The molecular formula is C27H36Cl2O5. The zero-order chi connectivity index (χ0) is 24.8. The van der Waals surface area contributed by atoms with Crippen LogP contribution in [-0.2, 0) is 23.8 Å². The van der Waals surface area contributed by atoms with E-state index in [1.54, 1.807) is 6.92 Å². The minimum Gasteiger partial charge on any atom is -0.459 e. The standard InChI is InChI=1S/C27H36Cl2O5/c1-6-20(30)32-19-14-27(15(2)3)24(21-16(4)12-13-18(21)26(19,5)34-27)33-25(31)23(29)22(28)17-10-8-7-9-11-17/h7-11,15-16,18-19,21-24H,6,12-14H2,1-5H3. The van der Waals surface area contributed by atoms with Crippen LogP contribution in [-0.4, -0.2) is 40.7 Å². The van der Waals surface area contributed by atoms with Gasteiger partial charge in [-0.05, 0) is 43.1 Å². The summed E-state index contributed by atoms with van der Waals surface area (Å²) in [5, 5.41) is -1.74. The Hall–Kier alpha value is -1.30. The van der Waals surface area contributed by atoms with Crippen molar-refractivity contribution in [2.24, 2.45) is 23.7 Å². The van der Waals surface area contributed by atoms with Crippen LogP contribution in [0.15, 0.2) is 30.3 Å². The smallest absolute Gasteiger partial charge is 0.326 e. The van der Waals surface area contributed by atoms with Gasteiger partial charge in [-0.2, -0.15) is 0 Å². The Morgan fingerprint density at radius 2 is 1.82 bits per heavy atom. The monoisotopic (exact) mass is 510 g/mol. The van der Waals surface area contributed by atoms with Gasteiger partial charge in [-0.1, -0.05) is 58.0 Å². The molecule has 0 radical (unpaired) electrons. The molecule has 9 atom stereocenters. The van der Waals surface area contributed by atoms with Crippen LogP contribution in [0.4, 0.5) is 0 Å². The summed E-state index contributed by atoms with van der Waals surface area (Å²) >= 11 is 13.2. The number of alkyl halides is 2. The van der Waals surface area contributed by atoms with Gasteiger partial charge in [0.2, 0.25) is 0 Å². The van der Waals surface area contributed by atoms with E-state index < -0.39 is 34.0 Å². The van der Waals surface area contributed by atoms with Gasteiger partial charge in [-0.15, -0.1) is 23.2 Å². The molecule has 0 aromatic heterocycles. The average Bonchev–Trinajstić information content (AvgIpc) is 3.34. The Balaban J connectivity index is 1.66. The summed E-state index contributed by atoms with van der Waals surface area (Å²) < 4.78 is 19.1. The fourth-order valence-electron chi connectivity index (χ4n) is 6.60. The molecule has 1 aromatic rings. The molecule has 0 N–H and O–H groups in total. The van der Waals surface area contributed by atoms with Gasteiger partial charge in [0.05, 0.1) is 5.38 Å². The molecule has 1 saturated carbocycles. The highest BCUT2D eigenvalue weighted by atomic mass is 35.5. The zero-order valence-corrected chi connectivity index (χ0v) is 22.1. The summed E-state index contributed by atoms with van der Waals surface area (Å²) in [7, 11) is 0. The molecule has 34 heavy (non-hydrogen) atoms. The maximum Gasteiger partial charge on any atom is 0.326 e. The van der Waals surface area contributed by atoms with Crippen molar-refractivity contribution in [1.82, 2.24) is 0 Å². The minimum atomic E-state index is -1.04. The lowest BCUT2D eigenvalue weighted by Crippen LogP contribution is -2.62. The highest BCUT2D eigenvalue weighted by molar-refractivity contribution is 6.36. The van der Waals surface area contributed by atoms with Crippen LogP contribution in [0.2, 0.25) is 0 Å². The minimum absolute atomic E-state index is 0.0402. The molecule has 2 saturated heterocycles. The molecule has 3 aliphatic rings. The van der Waals surface area contributed by atoms with Gasteiger partial charge in [0.25, 0.3) is 0 Å². The van der Waals surface area contributed by atoms with Gasteiger partial charge >= 0.3 is 11.9 Å². The topological polar surface area (TPSA) is 61.8 Å². The van der Waals surface area contributed by atoms with Crippen molar-refractivity contribution in [2.45, 2.75) is 94.5 Å². The van der Waals surface area contributed by atoms with Gasteiger partial charge in [0, 0.05) is 18.8 Å². The number of rotatable bonds is 7.